The van der Waals surface area contributed by atoms with Gasteiger partial charge in [0.1, 0.15) is 18.2 Å². The highest BCUT2D eigenvalue weighted by molar-refractivity contribution is 7.90. The summed E-state index contributed by atoms with van der Waals surface area (Å²) in [5.41, 5.74) is 0.240. The normalized spacial score (nSPS) is 12.2. The summed E-state index contributed by atoms with van der Waals surface area (Å²) in [5.74, 6) is -0.780. The summed E-state index contributed by atoms with van der Waals surface area (Å²) in [7, 11) is -3.68. The molecular weight excluding hydrogens is 399 g/mol. The number of nitrogens with zero attached hydrogens (tertiary/aromatic N) is 5. The van der Waals surface area contributed by atoms with Gasteiger partial charge in [0.2, 0.25) is 0 Å². The third-order valence-electron chi connectivity index (χ3n) is 3.96. The molecule has 29 heavy (non-hydrogen) atoms. The van der Waals surface area contributed by atoms with Crippen molar-refractivity contribution in [1.82, 2.24) is 25.1 Å². The highest BCUT2D eigenvalue weighted by atomic mass is 32.2. The molecule has 0 saturated carbocycles. The fraction of sp³-hybridized carbons (Fsp3) is 0.167. The SMILES string of the molecule is C[C@@H](NC(=O)c1cc(F)cc(S(C)(=O)=O)c1)c1ncnn1-c1ccc(C#N)cn1. The summed E-state index contributed by atoms with van der Waals surface area (Å²) in [5, 5.41) is 15.6. The Morgan fingerprint density at radius 2 is 2.03 bits per heavy atom. The lowest BCUT2D eigenvalue weighted by atomic mass is 10.2. The Morgan fingerprint density at radius 1 is 1.28 bits per heavy atom. The molecule has 0 spiro atoms. The molecule has 3 rings (SSSR count). The quantitative estimate of drug-likeness (QED) is 0.670. The first kappa shape index (κ1) is 20.1. The van der Waals surface area contributed by atoms with Crippen LogP contribution in [0.1, 0.15) is 34.7 Å². The Balaban J connectivity index is 1.86. The molecule has 0 bridgehead atoms. The molecule has 1 N–H and O–H groups in total. The number of rotatable bonds is 5. The fourth-order valence-corrected chi connectivity index (χ4v) is 3.22. The lowest BCUT2D eigenvalue weighted by molar-refractivity contribution is 0.0937. The molecule has 3 aromatic rings. The predicted molar refractivity (Wildman–Crippen MR) is 99.3 cm³/mol. The third kappa shape index (κ3) is 4.44. The van der Waals surface area contributed by atoms with Gasteiger partial charge in [0.15, 0.2) is 21.5 Å². The number of aromatic nitrogens is 4. The van der Waals surface area contributed by atoms with Gasteiger partial charge in [-0.3, -0.25) is 4.79 Å². The van der Waals surface area contributed by atoms with Gasteiger partial charge in [0, 0.05) is 18.0 Å². The minimum absolute atomic E-state index is 0.139. The maximum atomic E-state index is 13.8. The number of benzene rings is 1. The second-order valence-corrected chi connectivity index (χ2v) is 8.21. The average Bonchev–Trinajstić information content (AvgIpc) is 3.17. The number of nitriles is 1. The van der Waals surface area contributed by atoms with Crippen LogP contribution in [0.25, 0.3) is 5.82 Å². The predicted octanol–water partition coefficient (Wildman–Crippen LogP) is 1.57. The highest BCUT2D eigenvalue weighted by Gasteiger charge is 2.20. The Labute approximate surface area is 165 Å². The van der Waals surface area contributed by atoms with E-state index < -0.39 is 27.6 Å². The van der Waals surface area contributed by atoms with Gasteiger partial charge in [0.05, 0.1) is 16.5 Å². The minimum atomic E-state index is -3.68. The van der Waals surface area contributed by atoms with E-state index in [1.54, 1.807) is 19.1 Å². The zero-order valence-electron chi connectivity index (χ0n) is 15.4. The topological polar surface area (TPSA) is 131 Å². The van der Waals surface area contributed by atoms with Gasteiger partial charge in [0.25, 0.3) is 5.91 Å². The van der Waals surface area contributed by atoms with Crippen molar-refractivity contribution in [3.63, 3.8) is 0 Å². The lowest BCUT2D eigenvalue weighted by Crippen LogP contribution is -2.29. The molecule has 0 unspecified atom stereocenters. The van der Waals surface area contributed by atoms with E-state index in [1.165, 1.54) is 17.2 Å². The molecule has 1 amide bonds. The van der Waals surface area contributed by atoms with E-state index in [0.29, 0.717) is 17.2 Å². The first-order valence-corrected chi connectivity index (χ1v) is 10.2. The Hall–Kier alpha value is -3.65. The van der Waals surface area contributed by atoms with E-state index in [4.69, 9.17) is 5.26 Å². The molecule has 9 nitrogen and oxygen atoms in total. The molecule has 2 heterocycles. The van der Waals surface area contributed by atoms with Gasteiger partial charge >= 0.3 is 0 Å². The van der Waals surface area contributed by atoms with E-state index in [1.807, 2.05) is 6.07 Å². The summed E-state index contributed by atoms with van der Waals surface area (Å²) in [4.78, 5) is 20.5. The van der Waals surface area contributed by atoms with Crippen LogP contribution in [0.3, 0.4) is 0 Å². The average molecular weight is 414 g/mol. The summed E-state index contributed by atoms with van der Waals surface area (Å²) in [6, 6.07) is 7.35. The third-order valence-corrected chi connectivity index (χ3v) is 5.06. The molecule has 1 aromatic carbocycles. The van der Waals surface area contributed by atoms with Crippen LogP contribution >= 0.6 is 0 Å². The zero-order chi connectivity index (χ0) is 21.2. The maximum absolute atomic E-state index is 13.8. The molecule has 11 heteroatoms. The van der Waals surface area contributed by atoms with E-state index in [9.17, 15) is 17.6 Å². The Morgan fingerprint density at radius 3 is 2.66 bits per heavy atom. The molecule has 148 valence electrons. The zero-order valence-corrected chi connectivity index (χ0v) is 16.2. The van der Waals surface area contributed by atoms with Crippen molar-refractivity contribution < 1.29 is 17.6 Å². The molecule has 0 fully saturated rings. The number of hydrogen-bond acceptors (Lipinski definition) is 7. The van der Waals surface area contributed by atoms with Crippen molar-refractivity contribution in [2.75, 3.05) is 6.26 Å². The first-order chi connectivity index (χ1) is 13.7. The Bertz CT molecular complexity index is 1220. The minimum Gasteiger partial charge on any atom is -0.342 e. The summed E-state index contributed by atoms with van der Waals surface area (Å²) in [6.07, 6.45) is 3.59. The number of carbonyl (C=O) groups excluding carboxylic acids is 1. The van der Waals surface area contributed by atoms with E-state index in [2.05, 4.69) is 20.4 Å². The largest absolute Gasteiger partial charge is 0.342 e. The molecule has 0 saturated heterocycles. The summed E-state index contributed by atoms with van der Waals surface area (Å²) < 4.78 is 38.5. The molecule has 0 aliphatic carbocycles. The van der Waals surface area contributed by atoms with Crippen molar-refractivity contribution in [2.45, 2.75) is 17.9 Å². The van der Waals surface area contributed by atoms with Crippen LogP contribution in [0.5, 0.6) is 0 Å². The van der Waals surface area contributed by atoms with Crippen LogP contribution in [0.15, 0.2) is 47.8 Å². The van der Waals surface area contributed by atoms with E-state index >= 15 is 0 Å². The van der Waals surface area contributed by atoms with Crippen molar-refractivity contribution in [1.29, 1.82) is 5.26 Å². The number of nitrogens with one attached hydrogen (secondary N) is 1. The number of pyridine rings is 1. The number of halogens is 1. The summed E-state index contributed by atoms with van der Waals surface area (Å²) in [6.45, 7) is 1.64. The fourth-order valence-electron chi connectivity index (χ4n) is 2.55. The summed E-state index contributed by atoms with van der Waals surface area (Å²) >= 11 is 0. The molecule has 0 aliphatic heterocycles. The second-order valence-electron chi connectivity index (χ2n) is 6.19. The standard InChI is InChI=1S/C18H15FN6O3S/c1-11(17-22-10-23-25(17)16-4-3-12(8-20)9-21-16)24-18(26)13-5-14(19)7-15(6-13)29(2,27)28/h3-7,9-11H,1-2H3,(H,24,26)/t11-/m1/s1. The molecular formula is C18H15FN6O3S. The monoisotopic (exact) mass is 414 g/mol. The van der Waals surface area contributed by atoms with Gasteiger partial charge < -0.3 is 5.32 Å². The van der Waals surface area contributed by atoms with Gasteiger partial charge in [-0.15, -0.1) is 0 Å². The van der Waals surface area contributed by atoms with E-state index in [0.717, 1.165) is 24.5 Å². The highest BCUT2D eigenvalue weighted by Crippen LogP contribution is 2.17. The second kappa shape index (κ2) is 7.76. The molecule has 2 aromatic heterocycles. The van der Waals surface area contributed by atoms with E-state index in [-0.39, 0.29) is 10.5 Å². The van der Waals surface area contributed by atoms with Crippen molar-refractivity contribution in [3.8, 4) is 11.9 Å². The van der Waals surface area contributed by atoms with Gasteiger partial charge in [-0.05, 0) is 37.3 Å². The van der Waals surface area contributed by atoms with Crippen molar-refractivity contribution in [3.05, 3.63) is 65.6 Å². The smallest absolute Gasteiger partial charge is 0.252 e. The van der Waals surface area contributed by atoms with Crippen LogP contribution in [0.2, 0.25) is 0 Å². The van der Waals surface area contributed by atoms with Crippen molar-refractivity contribution >= 4 is 15.7 Å². The van der Waals surface area contributed by atoms with Crippen LogP contribution < -0.4 is 5.32 Å². The number of sulfone groups is 1. The number of carbonyl (C=O) groups is 1. The van der Waals surface area contributed by atoms with Crippen LogP contribution in [-0.4, -0.2) is 40.3 Å². The van der Waals surface area contributed by atoms with Crippen LogP contribution in [-0.2, 0) is 9.84 Å². The van der Waals surface area contributed by atoms with Crippen LogP contribution in [0, 0.1) is 17.1 Å². The maximum Gasteiger partial charge on any atom is 0.252 e. The first-order valence-electron chi connectivity index (χ1n) is 8.27. The van der Waals surface area contributed by atoms with Gasteiger partial charge in [-0.2, -0.15) is 15.0 Å². The molecule has 1 atom stereocenters. The number of amides is 1. The molecule has 0 aliphatic rings. The van der Waals surface area contributed by atoms with Gasteiger partial charge in [-0.1, -0.05) is 0 Å². The lowest BCUT2D eigenvalue weighted by Gasteiger charge is -2.15. The van der Waals surface area contributed by atoms with Gasteiger partial charge in [-0.25, -0.2) is 22.8 Å². The van der Waals surface area contributed by atoms with Crippen LogP contribution in [0.4, 0.5) is 4.39 Å². The molecule has 0 radical (unpaired) electrons. The Kier molecular flexibility index (Phi) is 5.38. The number of hydrogen-bond donors (Lipinski definition) is 1. The van der Waals surface area contributed by atoms with Crippen molar-refractivity contribution in [2.24, 2.45) is 0 Å².